The van der Waals surface area contributed by atoms with E-state index in [0.29, 0.717) is 6.54 Å². The van der Waals surface area contributed by atoms with Gasteiger partial charge in [0.25, 0.3) is 0 Å². The number of ether oxygens (including phenoxy) is 1. The summed E-state index contributed by atoms with van der Waals surface area (Å²) in [5.41, 5.74) is 2.02. The summed E-state index contributed by atoms with van der Waals surface area (Å²) >= 11 is 0. The first-order valence-electron chi connectivity index (χ1n) is 7.58. The quantitative estimate of drug-likeness (QED) is 0.763. The summed E-state index contributed by atoms with van der Waals surface area (Å²) in [5, 5.41) is 5.91. The lowest BCUT2D eigenvalue weighted by Crippen LogP contribution is -2.37. The highest BCUT2D eigenvalue weighted by Gasteiger charge is 2.11. The third-order valence-electron chi connectivity index (χ3n) is 3.28. The smallest absolute Gasteiger partial charge is 0.242 e. The molecule has 2 aromatic carbocycles. The zero-order valence-corrected chi connectivity index (χ0v) is 13.5. The van der Waals surface area contributed by atoms with Crippen LogP contribution in [-0.4, -0.2) is 18.5 Å². The van der Waals surface area contributed by atoms with Gasteiger partial charge in [0.05, 0.1) is 0 Å². The van der Waals surface area contributed by atoms with Crippen LogP contribution in [-0.2, 0) is 4.79 Å². The van der Waals surface area contributed by atoms with E-state index in [1.54, 1.807) is 6.08 Å². The summed E-state index contributed by atoms with van der Waals surface area (Å²) in [6.45, 7) is 7.88. The minimum Gasteiger partial charge on any atom is -0.457 e. The van der Waals surface area contributed by atoms with Crippen LogP contribution in [0.3, 0.4) is 0 Å². The highest BCUT2D eigenvalue weighted by Crippen LogP contribution is 2.23. The Hall–Kier alpha value is -2.75. The van der Waals surface area contributed by atoms with Gasteiger partial charge in [-0.15, -0.1) is 6.58 Å². The minimum atomic E-state index is -0.321. The van der Waals surface area contributed by atoms with Crippen molar-refractivity contribution in [3.05, 3.63) is 66.7 Å². The van der Waals surface area contributed by atoms with Gasteiger partial charge < -0.3 is 15.4 Å². The van der Waals surface area contributed by atoms with Crippen molar-refractivity contribution in [1.29, 1.82) is 0 Å². The van der Waals surface area contributed by atoms with Crippen LogP contribution in [0.4, 0.5) is 5.69 Å². The molecular weight excluding hydrogens is 288 g/mol. The molecule has 0 saturated carbocycles. The Kier molecular flexibility index (Phi) is 5.80. The molecule has 0 aliphatic carbocycles. The second kappa shape index (κ2) is 8.03. The first-order chi connectivity index (χ1) is 11.1. The van der Waals surface area contributed by atoms with Crippen molar-refractivity contribution in [2.24, 2.45) is 0 Å². The zero-order valence-electron chi connectivity index (χ0n) is 13.5. The van der Waals surface area contributed by atoms with E-state index < -0.39 is 0 Å². The number of amides is 1. The van der Waals surface area contributed by atoms with Gasteiger partial charge in [0.1, 0.15) is 17.5 Å². The van der Waals surface area contributed by atoms with Gasteiger partial charge in [0.15, 0.2) is 0 Å². The number of benzene rings is 2. The van der Waals surface area contributed by atoms with Crippen molar-refractivity contribution in [3.8, 4) is 11.5 Å². The summed E-state index contributed by atoms with van der Waals surface area (Å²) in [6, 6.07) is 15.1. The molecule has 4 heteroatoms. The van der Waals surface area contributed by atoms with Gasteiger partial charge in [-0.3, -0.25) is 4.79 Å². The van der Waals surface area contributed by atoms with Crippen LogP contribution >= 0.6 is 0 Å². The van der Waals surface area contributed by atoms with E-state index in [-0.39, 0.29) is 11.9 Å². The molecule has 0 radical (unpaired) electrons. The normalized spacial score (nSPS) is 11.4. The van der Waals surface area contributed by atoms with Crippen LogP contribution in [0.5, 0.6) is 11.5 Å². The van der Waals surface area contributed by atoms with E-state index in [2.05, 4.69) is 17.2 Å². The Bertz CT molecular complexity index is 665. The average molecular weight is 310 g/mol. The second-order valence-electron chi connectivity index (χ2n) is 5.34. The van der Waals surface area contributed by atoms with E-state index in [0.717, 1.165) is 22.7 Å². The number of hydrogen-bond donors (Lipinski definition) is 2. The molecule has 120 valence electrons. The first-order valence-corrected chi connectivity index (χ1v) is 7.58. The molecule has 1 amide bonds. The maximum absolute atomic E-state index is 11.8. The Morgan fingerprint density at radius 1 is 1.22 bits per heavy atom. The molecular formula is C19H22N2O2. The predicted molar refractivity (Wildman–Crippen MR) is 94.0 cm³/mol. The van der Waals surface area contributed by atoms with Gasteiger partial charge in [-0.25, -0.2) is 0 Å². The monoisotopic (exact) mass is 310 g/mol. The highest BCUT2D eigenvalue weighted by atomic mass is 16.5. The Balaban J connectivity index is 1.94. The van der Waals surface area contributed by atoms with Crippen molar-refractivity contribution in [2.45, 2.75) is 19.9 Å². The van der Waals surface area contributed by atoms with Crippen LogP contribution in [0.15, 0.2) is 61.2 Å². The first kappa shape index (κ1) is 16.6. The molecule has 0 unspecified atom stereocenters. The number of hydrogen-bond acceptors (Lipinski definition) is 3. The van der Waals surface area contributed by atoms with Crippen molar-refractivity contribution >= 4 is 11.6 Å². The van der Waals surface area contributed by atoms with Crippen molar-refractivity contribution in [3.63, 3.8) is 0 Å². The molecule has 2 rings (SSSR count). The van der Waals surface area contributed by atoms with Crippen molar-refractivity contribution in [2.75, 3.05) is 11.9 Å². The summed E-state index contributed by atoms with van der Waals surface area (Å²) in [7, 11) is 0. The predicted octanol–water partition coefficient (Wildman–Crippen LogP) is 3.89. The van der Waals surface area contributed by atoms with Gasteiger partial charge in [-0.1, -0.05) is 18.2 Å². The van der Waals surface area contributed by atoms with E-state index in [9.17, 15) is 4.79 Å². The lowest BCUT2D eigenvalue weighted by molar-refractivity contribution is -0.121. The molecule has 0 aliphatic rings. The van der Waals surface area contributed by atoms with Gasteiger partial charge in [0, 0.05) is 12.2 Å². The summed E-state index contributed by atoms with van der Waals surface area (Å²) < 4.78 is 5.80. The molecule has 0 fully saturated rings. The number of carbonyl (C=O) groups excluding carboxylic acids is 1. The fourth-order valence-electron chi connectivity index (χ4n) is 2.08. The molecule has 0 aromatic heterocycles. The summed E-state index contributed by atoms with van der Waals surface area (Å²) in [4.78, 5) is 11.8. The van der Waals surface area contributed by atoms with Crippen LogP contribution < -0.4 is 15.4 Å². The Labute approximate surface area is 137 Å². The molecule has 0 bridgehead atoms. The summed E-state index contributed by atoms with van der Waals surface area (Å²) in [5.74, 6) is 1.50. The number of carbonyl (C=O) groups is 1. The van der Waals surface area contributed by atoms with Crippen molar-refractivity contribution in [1.82, 2.24) is 5.32 Å². The topological polar surface area (TPSA) is 50.4 Å². The Morgan fingerprint density at radius 3 is 2.61 bits per heavy atom. The van der Waals surface area contributed by atoms with E-state index in [4.69, 9.17) is 4.74 Å². The third-order valence-corrected chi connectivity index (χ3v) is 3.28. The van der Waals surface area contributed by atoms with Crippen LogP contribution in [0, 0.1) is 6.92 Å². The second-order valence-corrected chi connectivity index (χ2v) is 5.34. The standard InChI is InChI=1S/C19H22N2O2/c1-4-12-20-19(22)15(3)21-16-8-10-17(11-9-16)23-18-7-5-6-14(2)13-18/h4-11,13,15,21H,1,12H2,2-3H3,(H,20,22)/t15-/m0/s1. The van der Waals surface area contributed by atoms with Gasteiger partial charge >= 0.3 is 0 Å². The number of nitrogens with one attached hydrogen (secondary N) is 2. The van der Waals surface area contributed by atoms with Crippen molar-refractivity contribution < 1.29 is 9.53 Å². The average Bonchev–Trinajstić information content (AvgIpc) is 2.54. The molecule has 2 aromatic rings. The molecule has 1 atom stereocenters. The lowest BCUT2D eigenvalue weighted by atomic mass is 10.2. The maximum Gasteiger partial charge on any atom is 0.242 e. The van der Waals surface area contributed by atoms with Gasteiger partial charge in [-0.2, -0.15) is 0 Å². The summed E-state index contributed by atoms with van der Waals surface area (Å²) in [6.07, 6.45) is 1.65. The SMILES string of the molecule is C=CCNC(=O)[C@H](C)Nc1ccc(Oc2cccc(C)c2)cc1. The van der Waals surface area contributed by atoms with E-state index in [1.807, 2.05) is 62.4 Å². The van der Waals surface area contributed by atoms with Gasteiger partial charge in [-0.05, 0) is 55.8 Å². The maximum atomic E-state index is 11.8. The van der Waals surface area contributed by atoms with Crippen LogP contribution in [0.2, 0.25) is 0 Å². The third kappa shape index (κ3) is 5.18. The largest absolute Gasteiger partial charge is 0.457 e. The molecule has 0 heterocycles. The van der Waals surface area contributed by atoms with Gasteiger partial charge in [0.2, 0.25) is 5.91 Å². The van der Waals surface area contributed by atoms with E-state index in [1.165, 1.54) is 0 Å². The number of anilines is 1. The fraction of sp³-hybridized carbons (Fsp3) is 0.211. The molecule has 0 aliphatic heterocycles. The Morgan fingerprint density at radius 2 is 1.96 bits per heavy atom. The molecule has 0 saturated heterocycles. The number of aryl methyl sites for hydroxylation is 1. The molecule has 23 heavy (non-hydrogen) atoms. The molecule has 4 nitrogen and oxygen atoms in total. The van der Waals surface area contributed by atoms with E-state index >= 15 is 0 Å². The highest BCUT2D eigenvalue weighted by molar-refractivity contribution is 5.84. The van der Waals surface area contributed by atoms with Crippen LogP contribution in [0.25, 0.3) is 0 Å². The zero-order chi connectivity index (χ0) is 16.7. The minimum absolute atomic E-state index is 0.0648. The lowest BCUT2D eigenvalue weighted by Gasteiger charge is -2.15. The molecule has 0 spiro atoms. The van der Waals surface area contributed by atoms with Crippen LogP contribution in [0.1, 0.15) is 12.5 Å². The number of rotatable bonds is 7. The molecule has 2 N–H and O–H groups in total. The fourth-order valence-corrected chi connectivity index (χ4v) is 2.08.